The van der Waals surface area contributed by atoms with Crippen molar-refractivity contribution in [1.82, 2.24) is 4.98 Å². The number of aromatic hydroxyl groups is 1. The molecule has 0 bridgehead atoms. The summed E-state index contributed by atoms with van der Waals surface area (Å²) < 4.78 is 1.62. The lowest BCUT2D eigenvalue weighted by Gasteiger charge is -2.06. The van der Waals surface area contributed by atoms with Crippen molar-refractivity contribution in [3.8, 4) is 17.0 Å². The summed E-state index contributed by atoms with van der Waals surface area (Å²) in [5, 5.41) is 12.0. The zero-order valence-corrected chi connectivity index (χ0v) is 18.9. The predicted molar refractivity (Wildman–Crippen MR) is 136 cm³/mol. The maximum absolute atomic E-state index is 13.5. The summed E-state index contributed by atoms with van der Waals surface area (Å²) >= 11 is 0. The van der Waals surface area contributed by atoms with Crippen LogP contribution in [0, 0.1) is 0 Å². The second kappa shape index (κ2) is 8.61. The molecule has 2 heterocycles. The van der Waals surface area contributed by atoms with E-state index in [0.717, 1.165) is 33.2 Å². The molecule has 0 saturated heterocycles. The predicted octanol–water partition coefficient (Wildman–Crippen LogP) is 5.45. The second-order valence-electron chi connectivity index (χ2n) is 8.65. The van der Waals surface area contributed by atoms with Gasteiger partial charge in [-0.1, -0.05) is 72.8 Å². The second-order valence-corrected chi connectivity index (χ2v) is 8.65. The van der Waals surface area contributed by atoms with Gasteiger partial charge in [0.15, 0.2) is 0 Å². The first-order valence-electron chi connectivity index (χ1n) is 11.5. The van der Waals surface area contributed by atoms with E-state index in [4.69, 9.17) is 9.98 Å². The summed E-state index contributed by atoms with van der Waals surface area (Å²) in [5.41, 5.74) is 4.89. The van der Waals surface area contributed by atoms with Crippen molar-refractivity contribution in [3.05, 3.63) is 120 Å². The van der Waals surface area contributed by atoms with Crippen LogP contribution >= 0.6 is 0 Å². The van der Waals surface area contributed by atoms with Crippen LogP contribution < -0.4 is 4.57 Å². The van der Waals surface area contributed by atoms with E-state index in [9.17, 15) is 9.90 Å². The van der Waals surface area contributed by atoms with Crippen LogP contribution in [0.5, 0.6) is 5.75 Å². The molecule has 4 aromatic carbocycles. The van der Waals surface area contributed by atoms with Gasteiger partial charge in [-0.15, -0.1) is 0 Å². The van der Waals surface area contributed by atoms with Gasteiger partial charge in [-0.3, -0.25) is 0 Å². The summed E-state index contributed by atoms with van der Waals surface area (Å²) in [6, 6.07) is 31.2. The molecular weight excluding hydrogens is 434 g/mol. The van der Waals surface area contributed by atoms with Crippen molar-refractivity contribution in [2.24, 2.45) is 4.99 Å². The highest BCUT2D eigenvalue weighted by atomic mass is 16.3. The van der Waals surface area contributed by atoms with Crippen molar-refractivity contribution in [3.63, 3.8) is 0 Å². The molecule has 0 radical (unpaired) electrons. The number of benzene rings is 4. The van der Waals surface area contributed by atoms with Crippen LogP contribution in [0.15, 0.2) is 108 Å². The maximum Gasteiger partial charge on any atom is 0.386 e. The van der Waals surface area contributed by atoms with Gasteiger partial charge < -0.3 is 5.11 Å². The summed E-state index contributed by atoms with van der Waals surface area (Å²) in [5.74, 6) is 0.630. The Balaban J connectivity index is 1.44. The zero-order valence-electron chi connectivity index (χ0n) is 18.9. The van der Waals surface area contributed by atoms with Crippen LogP contribution in [0.3, 0.4) is 0 Å². The first-order valence-corrected chi connectivity index (χ1v) is 11.5. The van der Waals surface area contributed by atoms with E-state index in [-0.39, 0.29) is 11.7 Å². The first kappa shape index (κ1) is 20.9. The lowest BCUT2D eigenvalue weighted by molar-refractivity contribution is -0.551. The number of rotatable bonds is 5. The summed E-state index contributed by atoms with van der Waals surface area (Å²) in [6.07, 6.45) is 2.75. The first-order chi connectivity index (χ1) is 17.2. The van der Waals surface area contributed by atoms with Crippen LogP contribution in [-0.2, 0) is 12.8 Å². The average molecular weight is 457 g/mol. The normalized spacial score (nSPS) is 12.6. The van der Waals surface area contributed by atoms with Crippen molar-refractivity contribution < 1.29 is 14.5 Å². The van der Waals surface area contributed by atoms with Crippen molar-refractivity contribution in [2.75, 3.05) is 0 Å². The minimum atomic E-state index is -0.135. The van der Waals surface area contributed by atoms with E-state index in [1.807, 2.05) is 48.5 Å². The lowest BCUT2D eigenvalue weighted by atomic mass is 10.00. The Morgan fingerprint density at radius 1 is 0.771 bits per heavy atom. The smallest absolute Gasteiger partial charge is 0.386 e. The van der Waals surface area contributed by atoms with Gasteiger partial charge in [-0.05, 0) is 51.2 Å². The molecule has 0 saturated carbocycles. The van der Waals surface area contributed by atoms with Gasteiger partial charge in [0.2, 0.25) is 5.71 Å². The highest BCUT2D eigenvalue weighted by Gasteiger charge is 2.38. The topological polar surface area (TPSA) is 66.4 Å². The zero-order chi connectivity index (χ0) is 23.8. The van der Waals surface area contributed by atoms with Gasteiger partial charge >= 0.3 is 11.7 Å². The lowest BCUT2D eigenvalue weighted by Crippen LogP contribution is -2.44. The molecule has 0 fully saturated rings. The Kier molecular flexibility index (Phi) is 5.15. The number of phenolic OH excluding ortho intramolecular Hbond substituents is 1. The molecule has 1 aromatic heterocycles. The monoisotopic (exact) mass is 456 g/mol. The van der Waals surface area contributed by atoms with E-state index in [2.05, 4.69) is 24.3 Å². The van der Waals surface area contributed by atoms with Crippen LogP contribution in [-0.4, -0.2) is 21.7 Å². The van der Waals surface area contributed by atoms with E-state index in [0.29, 0.717) is 30.1 Å². The third kappa shape index (κ3) is 3.97. The molecule has 0 atom stereocenters. The highest BCUT2D eigenvalue weighted by Crippen LogP contribution is 2.27. The van der Waals surface area contributed by atoms with E-state index < -0.39 is 0 Å². The quantitative estimate of drug-likeness (QED) is 0.358. The molecule has 5 heteroatoms. The largest absolute Gasteiger partial charge is 0.508 e. The molecule has 5 aromatic rings. The summed E-state index contributed by atoms with van der Waals surface area (Å²) in [4.78, 5) is 23.3. The SMILES string of the molecule is O=C1C(Cc2cccc3ccccc23)=Nc2c(Cc3ccccc3)nc(-c3ccc(O)cc3)c[n+]21. The van der Waals surface area contributed by atoms with E-state index >= 15 is 0 Å². The molecule has 6 rings (SSSR count). The fraction of sp³-hybridized carbons (Fsp3) is 0.0667. The average Bonchev–Trinajstić information content (AvgIpc) is 3.21. The van der Waals surface area contributed by atoms with Gasteiger partial charge in [-0.25, -0.2) is 9.78 Å². The van der Waals surface area contributed by atoms with Crippen LogP contribution in [0.25, 0.3) is 22.0 Å². The van der Waals surface area contributed by atoms with Gasteiger partial charge in [-0.2, -0.15) is 4.57 Å². The number of carbonyl (C=O) groups is 1. The highest BCUT2D eigenvalue weighted by molar-refractivity contribution is 6.38. The molecule has 168 valence electrons. The number of hydrogen-bond donors (Lipinski definition) is 1. The third-order valence-corrected chi connectivity index (χ3v) is 6.31. The van der Waals surface area contributed by atoms with Gasteiger partial charge in [0.25, 0.3) is 0 Å². The molecular formula is C30H22N3O2+. The number of carbonyl (C=O) groups excluding carboxylic acids is 1. The van der Waals surface area contributed by atoms with Crippen LogP contribution in [0.1, 0.15) is 21.6 Å². The minimum absolute atomic E-state index is 0.135. The Bertz CT molecular complexity index is 1600. The Morgan fingerprint density at radius 3 is 2.34 bits per heavy atom. The fourth-order valence-electron chi connectivity index (χ4n) is 4.56. The molecule has 35 heavy (non-hydrogen) atoms. The molecule has 5 nitrogen and oxygen atoms in total. The molecule has 0 amide bonds. The molecule has 0 aliphatic carbocycles. The Morgan fingerprint density at radius 2 is 1.51 bits per heavy atom. The number of fused-ring (bicyclic) bond motifs is 2. The number of nitrogens with zero attached hydrogens (tertiary/aromatic N) is 3. The van der Waals surface area contributed by atoms with E-state index in [1.165, 1.54) is 0 Å². The molecule has 0 unspecified atom stereocenters. The number of aromatic nitrogens is 2. The van der Waals surface area contributed by atoms with Gasteiger partial charge in [0, 0.05) is 18.4 Å². The fourth-order valence-corrected chi connectivity index (χ4v) is 4.56. The van der Waals surface area contributed by atoms with Gasteiger partial charge in [0.1, 0.15) is 23.3 Å². The van der Waals surface area contributed by atoms with Crippen molar-refractivity contribution >= 4 is 28.2 Å². The maximum atomic E-state index is 13.5. The van der Waals surface area contributed by atoms with Crippen molar-refractivity contribution in [2.45, 2.75) is 12.8 Å². The number of aliphatic imine (C=N–C) groups is 1. The van der Waals surface area contributed by atoms with Crippen molar-refractivity contribution in [1.29, 1.82) is 0 Å². The minimum Gasteiger partial charge on any atom is -0.508 e. The standard InChI is InChI=1S/C30H21N3O2/c34-24-15-13-22(14-16-24)28-19-33-29(26(31-28)17-20-7-2-1-3-8-20)32-27(30(33)35)18-23-11-6-10-21-9-4-5-12-25(21)23/h1-16,19H,17-18H2/p+1. The summed E-state index contributed by atoms with van der Waals surface area (Å²) in [7, 11) is 0. The van der Waals surface area contributed by atoms with Gasteiger partial charge in [0.05, 0.1) is 0 Å². The van der Waals surface area contributed by atoms with Crippen LogP contribution in [0.4, 0.5) is 5.82 Å². The third-order valence-electron chi connectivity index (χ3n) is 6.31. The molecule has 0 spiro atoms. The molecule has 1 aliphatic heterocycles. The van der Waals surface area contributed by atoms with E-state index in [1.54, 1.807) is 35.0 Å². The number of hydrogen-bond acceptors (Lipinski definition) is 4. The Hall–Kier alpha value is -4.64. The molecule has 1 aliphatic rings. The van der Waals surface area contributed by atoms with Crippen LogP contribution in [0.2, 0.25) is 0 Å². The Labute approximate surface area is 202 Å². The summed E-state index contributed by atoms with van der Waals surface area (Å²) in [6.45, 7) is 0. The number of phenols is 1. The molecule has 1 N–H and O–H groups in total.